The van der Waals surface area contributed by atoms with E-state index >= 15 is 0 Å². The largest absolute Gasteiger partial charge is 0.489 e. The summed E-state index contributed by atoms with van der Waals surface area (Å²) in [5, 5.41) is 12.1. The number of carbonyl (C=O) groups is 3. The molecule has 2 heterocycles. The number of carbonyl (C=O) groups excluding carboxylic acids is 2. The first-order valence-corrected chi connectivity index (χ1v) is 11.6. The Morgan fingerprint density at radius 3 is 2.50 bits per heavy atom. The number of benzene rings is 2. The molecule has 2 unspecified atom stereocenters. The monoisotopic (exact) mass is 472 g/mol. The quantitative estimate of drug-likeness (QED) is 0.453. The minimum Gasteiger partial charge on any atom is -0.489 e. The number of carboxylic acids is 1. The summed E-state index contributed by atoms with van der Waals surface area (Å²) in [5.74, 6) is -0.513. The van der Waals surface area contributed by atoms with Crippen molar-refractivity contribution in [2.75, 3.05) is 12.4 Å². The van der Waals surface area contributed by atoms with Crippen molar-refractivity contribution in [3.8, 4) is 5.75 Å². The van der Waals surface area contributed by atoms with Crippen molar-refractivity contribution in [2.45, 2.75) is 23.7 Å². The maximum atomic E-state index is 12.7. The highest BCUT2D eigenvalue weighted by Gasteiger charge is 2.54. The Morgan fingerprint density at radius 2 is 1.84 bits per heavy atom. The highest BCUT2D eigenvalue weighted by Crippen LogP contribution is 2.40. The molecule has 9 heteroatoms. The van der Waals surface area contributed by atoms with E-state index in [0.29, 0.717) is 23.0 Å². The predicted molar refractivity (Wildman–Crippen MR) is 121 cm³/mol. The zero-order valence-corrected chi connectivity index (χ0v) is 18.6. The van der Waals surface area contributed by atoms with E-state index in [1.807, 2.05) is 42.5 Å². The molecular weight excluding hydrogens is 452 g/mol. The van der Waals surface area contributed by atoms with Gasteiger partial charge < -0.3 is 15.2 Å². The first-order chi connectivity index (χ1) is 15.5. The summed E-state index contributed by atoms with van der Waals surface area (Å²) in [5.41, 5.74) is 2.24. The third-order valence-electron chi connectivity index (χ3n) is 5.26. The van der Waals surface area contributed by atoms with Gasteiger partial charge in [0.1, 0.15) is 29.5 Å². The second kappa shape index (κ2) is 9.67. The summed E-state index contributed by atoms with van der Waals surface area (Å²) < 4.78 is 5.74. The lowest BCUT2D eigenvalue weighted by molar-refractivity contribution is -0.150. The number of hydrogen-bond donors (Lipinski definition) is 2. The molecular formula is C23H21ClN2O5S. The van der Waals surface area contributed by atoms with Gasteiger partial charge in [0.2, 0.25) is 5.91 Å². The van der Waals surface area contributed by atoms with E-state index in [4.69, 9.17) is 16.3 Å². The summed E-state index contributed by atoms with van der Waals surface area (Å²) >= 11 is 7.20. The number of fused-ring (bicyclic) bond motifs is 1. The third kappa shape index (κ3) is 4.61. The Morgan fingerprint density at radius 1 is 1.12 bits per heavy atom. The fourth-order valence-corrected chi connectivity index (χ4v) is 5.15. The summed E-state index contributed by atoms with van der Waals surface area (Å²) in [7, 11) is 0. The molecule has 4 rings (SSSR count). The van der Waals surface area contributed by atoms with Crippen molar-refractivity contribution in [1.82, 2.24) is 10.2 Å². The van der Waals surface area contributed by atoms with Gasteiger partial charge in [-0.05, 0) is 23.3 Å². The van der Waals surface area contributed by atoms with Gasteiger partial charge in [-0.25, -0.2) is 4.79 Å². The molecule has 2 aliphatic rings. The van der Waals surface area contributed by atoms with E-state index in [2.05, 4.69) is 5.32 Å². The minimum atomic E-state index is -1.19. The van der Waals surface area contributed by atoms with Gasteiger partial charge in [0.15, 0.2) is 0 Å². The third-order valence-corrected chi connectivity index (χ3v) is 6.91. The van der Waals surface area contributed by atoms with E-state index in [1.165, 1.54) is 16.7 Å². The van der Waals surface area contributed by atoms with Crippen LogP contribution in [0, 0.1) is 0 Å². The predicted octanol–water partition coefficient (Wildman–Crippen LogP) is 2.79. The van der Waals surface area contributed by atoms with Crippen molar-refractivity contribution in [1.29, 1.82) is 0 Å². The average Bonchev–Trinajstić information content (AvgIpc) is 2.81. The Labute approximate surface area is 194 Å². The highest BCUT2D eigenvalue weighted by atomic mass is 35.5. The zero-order valence-electron chi connectivity index (χ0n) is 17.0. The van der Waals surface area contributed by atoms with Gasteiger partial charge in [0, 0.05) is 17.2 Å². The van der Waals surface area contributed by atoms with Crippen molar-refractivity contribution in [3.05, 3.63) is 77.0 Å². The molecule has 166 valence electrons. The number of alkyl halides is 1. The lowest BCUT2D eigenvalue weighted by Gasteiger charge is -2.49. The number of ether oxygens (including phenoxy) is 1. The van der Waals surface area contributed by atoms with Crippen molar-refractivity contribution >= 4 is 41.1 Å². The smallest absolute Gasteiger partial charge is 0.352 e. The van der Waals surface area contributed by atoms with Crippen LogP contribution in [0.3, 0.4) is 0 Å². The van der Waals surface area contributed by atoms with Gasteiger partial charge in [-0.3, -0.25) is 14.5 Å². The number of amides is 2. The molecule has 2 aromatic carbocycles. The molecule has 0 saturated carbocycles. The number of nitrogens with one attached hydrogen (secondary N) is 1. The van der Waals surface area contributed by atoms with E-state index < -0.39 is 23.3 Å². The second-order valence-corrected chi connectivity index (χ2v) is 8.81. The van der Waals surface area contributed by atoms with Crippen molar-refractivity contribution in [2.24, 2.45) is 0 Å². The number of nitrogens with zero attached hydrogens (tertiary/aromatic N) is 1. The molecule has 7 nitrogen and oxygen atoms in total. The van der Waals surface area contributed by atoms with Crippen LogP contribution < -0.4 is 10.1 Å². The topological polar surface area (TPSA) is 95.9 Å². The lowest BCUT2D eigenvalue weighted by Crippen LogP contribution is -2.70. The van der Waals surface area contributed by atoms with E-state index in [-0.39, 0.29) is 24.6 Å². The van der Waals surface area contributed by atoms with Crippen LogP contribution >= 0.6 is 23.4 Å². The summed E-state index contributed by atoms with van der Waals surface area (Å²) in [6, 6.07) is 15.7. The molecule has 0 bridgehead atoms. The highest BCUT2D eigenvalue weighted by molar-refractivity contribution is 8.00. The summed E-state index contributed by atoms with van der Waals surface area (Å²) in [4.78, 5) is 38.3. The van der Waals surface area contributed by atoms with Crippen molar-refractivity contribution < 1.29 is 24.2 Å². The van der Waals surface area contributed by atoms with Crippen LogP contribution in [0.2, 0.25) is 0 Å². The number of halogens is 1. The molecule has 0 aromatic heterocycles. The molecule has 1 fully saturated rings. The summed E-state index contributed by atoms with van der Waals surface area (Å²) in [6.07, 6.45) is 0.158. The number of aliphatic carboxylic acids is 1. The second-order valence-electron chi connectivity index (χ2n) is 7.44. The molecule has 0 aliphatic carbocycles. The van der Waals surface area contributed by atoms with Gasteiger partial charge in [-0.15, -0.1) is 23.4 Å². The Balaban J connectivity index is 1.42. The first-order valence-electron chi connectivity index (χ1n) is 9.99. The normalized spacial score (nSPS) is 19.8. The molecule has 2 aromatic rings. The standard InChI is InChI=1S/C23H21ClN2O5S/c24-11-15-6-8-17(9-7-15)31-12-16-13-32-22-19(21(28)26(22)20(16)23(29)30)25-18(27)10-14-4-2-1-3-5-14/h1-9,19,22H,10-13H2,(H,25,27)(H,29,30). The Hall–Kier alpha value is -2.97. The number of rotatable bonds is 8. The van der Waals surface area contributed by atoms with Gasteiger partial charge in [0.25, 0.3) is 5.91 Å². The van der Waals surface area contributed by atoms with Gasteiger partial charge in [-0.2, -0.15) is 0 Å². The fourth-order valence-electron chi connectivity index (χ4n) is 3.65. The number of β-lactam (4-membered cyclic amide) rings is 1. The van der Waals surface area contributed by atoms with Gasteiger partial charge in [0.05, 0.1) is 6.42 Å². The first kappa shape index (κ1) is 22.2. The Bertz CT molecular complexity index is 1060. The summed E-state index contributed by atoms with van der Waals surface area (Å²) in [6.45, 7) is 0.0520. The molecule has 0 radical (unpaired) electrons. The van der Waals surface area contributed by atoms with Crippen LogP contribution in [0.4, 0.5) is 0 Å². The molecule has 32 heavy (non-hydrogen) atoms. The van der Waals surface area contributed by atoms with E-state index in [0.717, 1.165) is 11.1 Å². The van der Waals surface area contributed by atoms with Crippen LogP contribution in [-0.2, 0) is 26.7 Å². The fraction of sp³-hybridized carbons (Fsp3) is 0.261. The number of thioether (sulfide) groups is 1. The zero-order chi connectivity index (χ0) is 22.7. The molecule has 2 atom stereocenters. The van der Waals surface area contributed by atoms with Crippen LogP contribution in [0.1, 0.15) is 11.1 Å². The maximum Gasteiger partial charge on any atom is 0.352 e. The van der Waals surface area contributed by atoms with Crippen LogP contribution in [0.15, 0.2) is 65.9 Å². The molecule has 2 N–H and O–H groups in total. The maximum absolute atomic E-state index is 12.7. The Kier molecular flexibility index (Phi) is 6.72. The lowest BCUT2D eigenvalue weighted by atomic mass is 10.0. The van der Waals surface area contributed by atoms with E-state index in [9.17, 15) is 19.5 Å². The van der Waals surface area contributed by atoms with Crippen molar-refractivity contribution in [3.63, 3.8) is 0 Å². The van der Waals surface area contributed by atoms with E-state index in [1.54, 1.807) is 12.1 Å². The molecule has 2 amide bonds. The number of hydrogen-bond acceptors (Lipinski definition) is 5. The van der Waals surface area contributed by atoms with Crippen LogP contribution in [0.25, 0.3) is 0 Å². The van der Waals surface area contributed by atoms with Crippen LogP contribution in [-0.4, -0.2) is 51.6 Å². The van der Waals surface area contributed by atoms with Gasteiger partial charge in [-0.1, -0.05) is 42.5 Å². The molecule has 0 spiro atoms. The average molecular weight is 473 g/mol. The van der Waals surface area contributed by atoms with Gasteiger partial charge >= 0.3 is 5.97 Å². The van der Waals surface area contributed by atoms with Crippen LogP contribution in [0.5, 0.6) is 5.75 Å². The minimum absolute atomic E-state index is 0.0520. The SMILES string of the molecule is O=C(Cc1ccccc1)NC1C(=O)N2C(C(=O)O)=C(COc3ccc(CCl)cc3)CSC12. The molecule has 2 aliphatic heterocycles. The number of carboxylic acid groups (broad SMARTS) is 1. The molecule has 1 saturated heterocycles.